The summed E-state index contributed by atoms with van der Waals surface area (Å²) in [5.74, 6) is -0.476. The third-order valence-corrected chi connectivity index (χ3v) is 2.61. The van der Waals surface area contributed by atoms with Crippen molar-refractivity contribution in [2.45, 2.75) is 32.6 Å². The fourth-order valence-corrected chi connectivity index (χ4v) is 1.64. The van der Waals surface area contributed by atoms with Crippen LogP contribution < -0.4 is 0 Å². The molecule has 5 heteroatoms. The maximum atomic E-state index is 11.5. The van der Waals surface area contributed by atoms with Crippen LogP contribution in [0.5, 0.6) is 0 Å². The molecule has 0 aromatic carbocycles. The van der Waals surface area contributed by atoms with Crippen LogP contribution in [0.1, 0.15) is 32.6 Å². The minimum absolute atomic E-state index is 0.109. The maximum absolute atomic E-state index is 11.5. The molecule has 0 aliphatic carbocycles. The van der Waals surface area contributed by atoms with Gasteiger partial charge in [0, 0.05) is 38.1 Å². The van der Waals surface area contributed by atoms with Crippen LogP contribution in [0.2, 0.25) is 0 Å². The quantitative estimate of drug-likeness (QED) is 0.455. The Morgan fingerprint density at radius 2 is 1.83 bits per heavy atom. The predicted octanol–water partition coefficient (Wildman–Crippen LogP) is 1.08. The molecule has 0 saturated heterocycles. The molecule has 0 aromatic heterocycles. The lowest BCUT2D eigenvalue weighted by molar-refractivity contribution is -0.137. The van der Waals surface area contributed by atoms with Crippen LogP contribution in [0, 0.1) is 0 Å². The second-order valence-corrected chi connectivity index (χ2v) is 4.17. The van der Waals surface area contributed by atoms with Gasteiger partial charge in [0.05, 0.1) is 6.61 Å². The highest BCUT2D eigenvalue weighted by Gasteiger charge is 2.22. The van der Waals surface area contributed by atoms with E-state index in [-0.39, 0.29) is 17.6 Å². The van der Waals surface area contributed by atoms with E-state index in [0.717, 1.165) is 11.3 Å². The molecule has 1 rings (SSSR count). The van der Waals surface area contributed by atoms with Crippen molar-refractivity contribution >= 4 is 17.6 Å². The van der Waals surface area contributed by atoms with Crippen LogP contribution in [0.25, 0.3) is 0 Å². The highest BCUT2D eigenvalue weighted by molar-refractivity contribution is 6.12. The number of amides is 2. The van der Waals surface area contributed by atoms with Gasteiger partial charge in [0.25, 0.3) is 11.8 Å². The largest absolute Gasteiger partial charge is 0.381 e. The highest BCUT2D eigenvalue weighted by atomic mass is 16.5. The first-order valence-corrected chi connectivity index (χ1v) is 6.28. The summed E-state index contributed by atoms with van der Waals surface area (Å²) in [7, 11) is 0. The van der Waals surface area contributed by atoms with Gasteiger partial charge in [-0.2, -0.15) is 0 Å². The fraction of sp³-hybridized carbons (Fsp3) is 0.615. The van der Waals surface area contributed by atoms with Crippen molar-refractivity contribution < 1.29 is 19.1 Å². The Balaban J connectivity index is 2.09. The summed E-state index contributed by atoms with van der Waals surface area (Å²) in [6, 6.07) is 0. The third-order valence-electron chi connectivity index (χ3n) is 2.61. The van der Waals surface area contributed by atoms with Crippen molar-refractivity contribution in [1.29, 1.82) is 0 Å². The monoisotopic (exact) mass is 253 g/mol. The summed E-state index contributed by atoms with van der Waals surface area (Å²) >= 11 is 0. The molecule has 1 heterocycles. The number of hydrogen-bond donors (Lipinski definition) is 0. The van der Waals surface area contributed by atoms with Crippen LogP contribution in [0.4, 0.5) is 0 Å². The number of ether oxygens (including phenoxy) is 1. The molecule has 0 aromatic rings. The van der Waals surface area contributed by atoms with E-state index in [4.69, 9.17) is 4.74 Å². The fourth-order valence-electron chi connectivity index (χ4n) is 1.64. The van der Waals surface area contributed by atoms with Gasteiger partial charge in [0.15, 0.2) is 0 Å². The van der Waals surface area contributed by atoms with Gasteiger partial charge >= 0.3 is 0 Å². The molecule has 1 aliphatic rings. The highest BCUT2D eigenvalue weighted by Crippen LogP contribution is 2.06. The Labute approximate surface area is 107 Å². The van der Waals surface area contributed by atoms with Crippen LogP contribution in [-0.4, -0.2) is 42.3 Å². The zero-order valence-electron chi connectivity index (χ0n) is 10.7. The average molecular weight is 253 g/mol. The summed E-state index contributed by atoms with van der Waals surface area (Å²) < 4.78 is 5.22. The first-order valence-electron chi connectivity index (χ1n) is 6.28. The second-order valence-electron chi connectivity index (χ2n) is 4.17. The Bertz CT molecular complexity index is 331. The topological polar surface area (TPSA) is 63.7 Å². The molecule has 18 heavy (non-hydrogen) atoms. The van der Waals surface area contributed by atoms with Crippen molar-refractivity contribution in [1.82, 2.24) is 4.90 Å². The third kappa shape index (κ3) is 4.79. The lowest BCUT2D eigenvalue weighted by atomic mass is 10.1. The molecular formula is C13H19NO4. The molecule has 2 amide bonds. The molecule has 0 unspecified atom stereocenters. The molecular weight excluding hydrogens is 234 g/mol. The molecule has 0 spiro atoms. The number of nitrogens with zero attached hydrogens (tertiary/aromatic N) is 1. The van der Waals surface area contributed by atoms with E-state index in [1.807, 2.05) is 6.92 Å². The first kappa shape index (κ1) is 14.6. The van der Waals surface area contributed by atoms with Crippen molar-refractivity contribution in [3.05, 3.63) is 12.2 Å². The Morgan fingerprint density at radius 3 is 2.44 bits per heavy atom. The minimum Gasteiger partial charge on any atom is -0.381 e. The summed E-state index contributed by atoms with van der Waals surface area (Å²) in [6.07, 6.45) is 4.75. The van der Waals surface area contributed by atoms with Crippen LogP contribution in [0.3, 0.4) is 0 Å². The van der Waals surface area contributed by atoms with E-state index in [2.05, 4.69) is 0 Å². The minimum atomic E-state index is -0.293. The van der Waals surface area contributed by atoms with Crippen LogP contribution in [0.15, 0.2) is 12.2 Å². The van der Waals surface area contributed by atoms with E-state index in [0.29, 0.717) is 39.0 Å². The average Bonchev–Trinajstić information content (AvgIpc) is 2.66. The number of rotatable bonds is 9. The normalized spacial score (nSPS) is 14.6. The van der Waals surface area contributed by atoms with Gasteiger partial charge in [0.1, 0.15) is 5.78 Å². The zero-order valence-corrected chi connectivity index (χ0v) is 10.7. The van der Waals surface area contributed by atoms with Crippen molar-refractivity contribution in [3.8, 4) is 0 Å². The first-order chi connectivity index (χ1) is 8.65. The summed E-state index contributed by atoms with van der Waals surface area (Å²) in [4.78, 5) is 35.0. The van der Waals surface area contributed by atoms with E-state index < -0.39 is 0 Å². The number of Topliss-reactive ketones (excluding diaryl/α,β-unsaturated/α-hetero) is 1. The molecule has 100 valence electrons. The van der Waals surface area contributed by atoms with Gasteiger partial charge < -0.3 is 4.74 Å². The van der Waals surface area contributed by atoms with Gasteiger partial charge in [-0.1, -0.05) is 6.92 Å². The van der Waals surface area contributed by atoms with Crippen LogP contribution >= 0.6 is 0 Å². The predicted molar refractivity (Wildman–Crippen MR) is 65.8 cm³/mol. The molecule has 0 radical (unpaired) electrons. The Kier molecular flexibility index (Phi) is 6.28. The van der Waals surface area contributed by atoms with E-state index >= 15 is 0 Å². The molecule has 1 aliphatic heterocycles. The molecule has 0 saturated carbocycles. The SMILES string of the molecule is CCCOCCC(=O)CCCN1C(=O)C=CC1=O. The van der Waals surface area contributed by atoms with E-state index in [1.54, 1.807) is 0 Å². The molecule has 0 bridgehead atoms. The van der Waals surface area contributed by atoms with Crippen molar-refractivity contribution in [3.63, 3.8) is 0 Å². The van der Waals surface area contributed by atoms with Gasteiger partial charge in [-0.05, 0) is 12.8 Å². The number of carbonyl (C=O) groups excluding carboxylic acids is 3. The van der Waals surface area contributed by atoms with Crippen LogP contribution in [-0.2, 0) is 19.1 Å². The number of ketones is 1. The van der Waals surface area contributed by atoms with Gasteiger partial charge in [0.2, 0.25) is 0 Å². The molecule has 0 atom stereocenters. The standard InChI is InChI=1S/C13H19NO4/c1-2-9-18-10-7-11(15)4-3-8-14-12(16)5-6-13(14)17/h5-6H,2-4,7-10H2,1H3. The number of carbonyl (C=O) groups is 3. The molecule has 5 nitrogen and oxygen atoms in total. The summed E-state index contributed by atoms with van der Waals surface area (Å²) in [5.41, 5.74) is 0. The summed E-state index contributed by atoms with van der Waals surface area (Å²) in [5, 5.41) is 0. The van der Waals surface area contributed by atoms with Gasteiger partial charge in [-0.25, -0.2) is 0 Å². The number of imide groups is 1. The van der Waals surface area contributed by atoms with Crippen molar-refractivity contribution in [2.75, 3.05) is 19.8 Å². The van der Waals surface area contributed by atoms with Gasteiger partial charge in [-0.15, -0.1) is 0 Å². The number of hydrogen-bond acceptors (Lipinski definition) is 4. The lowest BCUT2D eigenvalue weighted by Gasteiger charge is -2.12. The smallest absolute Gasteiger partial charge is 0.253 e. The Hall–Kier alpha value is -1.49. The lowest BCUT2D eigenvalue weighted by Crippen LogP contribution is -2.31. The van der Waals surface area contributed by atoms with E-state index in [1.165, 1.54) is 12.2 Å². The molecule has 0 fully saturated rings. The maximum Gasteiger partial charge on any atom is 0.253 e. The van der Waals surface area contributed by atoms with Gasteiger partial charge in [-0.3, -0.25) is 19.3 Å². The second kappa shape index (κ2) is 7.76. The summed E-state index contributed by atoms with van der Waals surface area (Å²) in [6.45, 7) is 3.46. The van der Waals surface area contributed by atoms with Crippen molar-refractivity contribution in [2.24, 2.45) is 0 Å². The Morgan fingerprint density at radius 1 is 1.17 bits per heavy atom. The zero-order chi connectivity index (χ0) is 13.4. The van der Waals surface area contributed by atoms with E-state index in [9.17, 15) is 14.4 Å². The molecule has 0 N–H and O–H groups in total.